The molecule has 0 bridgehead atoms. The van der Waals surface area contributed by atoms with Crippen LogP contribution in [0.15, 0.2) is 30.3 Å². The lowest BCUT2D eigenvalue weighted by Gasteiger charge is -2.15. The maximum atomic E-state index is 11.7. The number of carboxylic acid groups (broad SMARTS) is 1. The monoisotopic (exact) mass is 292 g/mol. The Morgan fingerprint density at radius 2 is 1.76 bits per heavy atom. The molecule has 114 valence electrons. The smallest absolute Gasteiger partial charge is 0.326 e. The molecule has 1 atom stereocenters. The van der Waals surface area contributed by atoms with Gasteiger partial charge in [-0.3, -0.25) is 9.59 Å². The van der Waals surface area contributed by atoms with Crippen molar-refractivity contribution in [1.82, 2.24) is 10.6 Å². The van der Waals surface area contributed by atoms with Crippen LogP contribution >= 0.6 is 0 Å². The first-order chi connectivity index (χ1) is 9.90. The number of rotatable bonds is 7. The van der Waals surface area contributed by atoms with Gasteiger partial charge in [0.15, 0.2) is 0 Å². The summed E-state index contributed by atoms with van der Waals surface area (Å²) in [5.41, 5.74) is 0.816. The summed E-state index contributed by atoms with van der Waals surface area (Å²) in [5.74, 6) is -2.10. The van der Waals surface area contributed by atoms with E-state index in [2.05, 4.69) is 10.6 Å². The summed E-state index contributed by atoms with van der Waals surface area (Å²) in [4.78, 5) is 34.2. The van der Waals surface area contributed by atoms with Crippen LogP contribution in [0.5, 0.6) is 0 Å². The molecule has 6 nitrogen and oxygen atoms in total. The van der Waals surface area contributed by atoms with Crippen LogP contribution in [0, 0.1) is 5.92 Å². The Bertz CT molecular complexity index is 500. The average molecular weight is 292 g/mol. The van der Waals surface area contributed by atoms with E-state index in [4.69, 9.17) is 5.11 Å². The zero-order chi connectivity index (χ0) is 15.8. The van der Waals surface area contributed by atoms with Crippen molar-refractivity contribution in [3.8, 4) is 0 Å². The minimum absolute atomic E-state index is 0.194. The number of nitrogens with one attached hydrogen (secondary N) is 2. The van der Waals surface area contributed by atoms with Crippen molar-refractivity contribution >= 4 is 17.8 Å². The lowest BCUT2D eigenvalue weighted by atomic mass is 10.1. The van der Waals surface area contributed by atoms with Crippen molar-refractivity contribution in [3.63, 3.8) is 0 Å². The predicted molar refractivity (Wildman–Crippen MR) is 77.6 cm³/mol. The van der Waals surface area contributed by atoms with Crippen molar-refractivity contribution in [2.24, 2.45) is 5.92 Å². The van der Waals surface area contributed by atoms with Gasteiger partial charge in [0.05, 0.1) is 6.54 Å². The molecule has 0 saturated heterocycles. The molecule has 0 fully saturated rings. The van der Waals surface area contributed by atoms with Crippen molar-refractivity contribution < 1.29 is 19.5 Å². The molecule has 0 heterocycles. The van der Waals surface area contributed by atoms with Crippen molar-refractivity contribution in [2.75, 3.05) is 6.54 Å². The topological polar surface area (TPSA) is 95.5 Å². The van der Waals surface area contributed by atoms with Crippen LogP contribution in [-0.2, 0) is 20.8 Å². The van der Waals surface area contributed by atoms with Gasteiger partial charge in [0.2, 0.25) is 11.8 Å². The third-order valence-corrected chi connectivity index (χ3v) is 2.86. The van der Waals surface area contributed by atoms with Crippen LogP contribution in [0.25, 0.3) is 0 Å². The highest BCUT2D eigenvalue weighted by Gasteiger charge is 2.20. The Morgan fingerprint density at radius 3 is 2.29 bits per heavy atom. The van der Waals surface area contributed by atoms with Crippen LogP contribution in [0.1, 0.15) is 19.4 Å². The SMILES string of the molecule is CC(C)C(=O)NCC(=O)NC(Cc1ccccc1)C(=O)O. The fraction of sp³-hybridized carbons (Fsp3) is 0.400. The van der Waals surface area contributed by atoms with Crippen LogP contribution in [0.2, 0.25) is 0 Å². The molecule has 0 aromatic heterocycles. The number of carbonyl (C=O) groups is 3. The van der Waals surface area contributed by atoms with E-state index in [9.17, 15) is 14.4 Å². The molecule has 0 spiro atoms. The highest BCUT2D eigenvalue weighted by atomic mass is 16.4. The van der Waals surface area contributed by atoms with E-state index in [1.165, 1.54) is 0 Å². The maximum Gasteiger partial charge on any atom is 0.326 e. The first-order valence-corrected chi connectivity index (χ1v) is 6.74. The maximum absolute atomic E-state index is 11.7. The lowest BCUT2D eigenvalue weighted by Crippen LogP contribution is -2.47. The minimum atomic E-state index is -1.11. The van der Waals surface area contributed by atoms with Crippen molar-refractivity contribution in [1.29, 1.82) is 0 Å². The normalized spacial score (nSPS) is 11.8. The fourth-order valence-corrected chi connectivity index (χ4v) is 1.67. The molecular formula is C15H20N2O4. The summed E-state index contributed by atoms with van der Waals surface area (Å²) < 4.78 is 0. The van der Waals surface area contributed by atoms with Crippen LogP contribution in [0.4, 0.5) is 0 Å². The van der Waals surface area contributed by atoms with Crippen LogP contribution in [-0.4, -0.2) is 35.5 Å². The van der Waals surface area contributed by atoms with Gasteiger partial charge < -0.3 is 15.7 Å². The summed E-state index contributed by atoms with van der Waals surface area (Å²) in [6.07, 6.45) is 0.194. The number of carboxylic acids is 1. The zero-order valence-electron chi connectivity index (χ0n) is 12.1. The van der Waals surface area contributed by atoms with Crippen molar-refractivity contribution in [3.05, 3.63) is 35.9 Å². The molecule has 0 aliphatic carbocycles. The van der Waals surface area contributed by atoms with E-state index >= 15 is 0 Å². The van der Waals surface area contributed by atoms with Gasteiger partial charge in [0.25, 0.3) is 0 Å². The van der Waals surface area contributed by atoms with Gasteiger partial charge in [-0.15, -0.1) is 0 Å². The molecule has 1 rings (SSSR count). The molecule has 0 aliphatic heterocycles. The highest BCUT2D eigenvalue weighted by molar-refractivity contribution is 5.88. The molecule has 1 unspecified atom stereocenters. The molecule has 0 aliphatic rings. The highest BCUT2D eigenvalue weighted by Crippen LogP contribution is 2.03. The Balaban J connectivity index is 2.53. The average Bonchev–Trinajstić information content (AvgIpc) is 2.44. The largest absolute Gasteiger partial charge is 0.480 e. The Hall–Kier alpha value is -2.37. The second-order valence-electron chi connectivity index (χ2n) is 5.02. The summed E-state index contributed by atoms with van der Waals surface area (Å²) in [7, 11) is 0. The first-order valence-electron chi connectivity index (χ1n) is 6.74. The second-order valence-corrected chi connectivity index (χ2v) is 5.02. The lowest BCUT2D eigenvalue weighted by molar-refractivity contribution is -0.141. The van der Waals surface area contributed by atoms with Gasteiger partial charge in [0, 0.05) is 12.3 Å². The van der Waals surface area contributed by atoms with E-state index in [1.54, 1.807) is 38.1 Å². The predicted octanol–water partition coefficient (Wildman–Crippen LogP) is 0.571. The number of benzene rings is 1. The van der Waals surface area contributed by atoms with Gasteiger partial charge >= 0.3 is 5.97 Å². The van der Waals surface area contributed by atoms with Crippen LogP contribution in [0.3, 0.4) is 0 Å². The molecule has 0 radical (unpaired) electrons. The van der Waals surface area contributed by atoms with Gasteiger partial charge in [0.1, 0.15) is 6.04 Å². The van der Waals surface area contributed by atoms with Crippen molar-refractivity contribution in [2.45, 2.75) is 26.3 Å². The van der Waals surface area contributed by atoms with Gasteiger partial charge in [-0.1, -0.05) is 44.2 Å². The fourth-order valence-electron chi connectivity index (χ4n) is 1.67. The number of aliphatic carboxylic acids is 1. The van der Waals surface area contributed by atoms with Gasteiger partial charge in [-0.25, -0.2) is 4.79 Å². The molecule has 21 heavy (non-hydrogen) atoms. The van der Waals surface area contributed by atoms with E-state index in [1.807, 2.05) is 6.07 Å². The van der Waals surface area contributed by atoms with Crippen LogP contribution < -0.4 is 10.6 Å². The summed E-state index contributed by atoms with van der Waals surface area (Å²) >= 11 is 0. The standard InChI is InChI=1S/C15H20N2O4/c1-10(2)14(19)16-9-13(18)17-12(15(20)21)8-11-6-4-3-5-7-11/h3-7,10,12H,8-9H2,1-2H3,(H,16,19)(H,17,18)(H,20,21). The number of hydrogen-bond donors (Lipinski definition) is 3. The molecule has 1 aromatic rings. The molecule has 0 saturated carbocycles. The Kier molecular flexibility index (Phi) is 6.39. The molecule has 6 heteroatoms. The number of carbonyl (C=O) groups excluding carboxylic acids is 2. The van der Waals surface area contributed by atoms with E-state index in [-0.39, 0.29) is 24.8 Å². The minimum Gasteiger partial charge on any atom is -0.480 e. The Morgan fingerprint density at radius 1 is 1.14 bits per heavy atom. The summed E-state index contributed by atoms with van der Waals surface area (Å²) in [6, 6.07) is 8.01. The summed E-state index contributed by atoms with van der Waals surface area (Å²) in [5, 5.41) is 14.0. The quantitative estimate of drug-likeness (QED) is 0.684. The molecule has 2 amide bonds. The molecule has 1 aromatic carbocycles. The third-order valence-electron chi connectivity index (χ3n) is 2.86. The Labute approximate surface area is 123 Å². The molecular weight excluding hydrogens is 272 g/mol. The number of amides is 2. The second kappa shape index (κ2) is 8.04. The van der Waals surface area contributed by atoms with Gasteiger partial charge in [-0.2, -0.15) is 0 Å². The third kappa shape index (κ3) is 6.07. The molecule has 3 N–H and O–H groups in total. The summed E-state index contributed by atoms with van der Waals surface area (Å²) in [6.45, 7) is 3.20. The number of hydrogen-bond acceptors (Lipinski definition) is 3. The van der Waals surface area contributed by atoms with Gasteiger partial charge in [-0.05, 0) is 5.56 Å². The van der Waals surface area contributed by atoms with E-state index in [0.717, 1.165) is 5.56 Å². The first kappa shape index (κ1) is 16.7. The van der Waals surface area contributed by atoms with E-state index < -0.39 is 17.9 Å². The zero-order valence-corrected chi connectivity index (χ0v) is 12.1. The van der Waals surface area contributed by atoms with E-state index in [0.29, 0.717) is 0 Å².